The van der Waals surface area contributed by atoms with Gasteiger partial charge in [-0.3, -0.25) is 0 Å². The number of H-pyrrole nitrogens is 1. The van der Waals surface area contributed by atoms with Gasteiger partial charge in [0.05, 0.1) is 0 Å². The zero-order valence-corrected chi connectivity index (χ0v) is 10.9. The zero-order chi connectivity index (χ0) is 12.4. The summed E-state index contributed by atoms with van der Waals surface area (Å²) < 4.78 is 14.1. The standard InChI is InChI=1S/C15H20FN/c1-4-6-11-12(7-5-2)14(16)9-15-13(11)8-10(3)17-15/h8-9,17H,4-7H2,1-3H3. The van der Waals surface area contributed by atoms with Gasteiger partial charge in [-0.25, -0.2) is 4.39 Å². The average Bonchev–Trinajstić information content (AvgIpc) is 2.64. The molecule has 0 aliphatic rings. The predicted molar refractivity (Wildman–Crippen MR) is 71.0 cm³/mol. The SMILES string of the molecule is CCCc1c(F)cc2[nH]c(C)cc2c1CCC. The van der Waals surface area contributed by atoms with Gasteiger partial charge in [-0.2, -0.15) is 0 Å². The zero-order valence-electron chi connectivity index (χ0n) is 10.9. The second kappa shape index (κ2) is 4.91. The van der Waals surface area contributed by atoms with Crippen LogP contribution in [0.15, 0.2) is 12.1 Å². The number of aryl methyl sites for hydroxylation is 2. The molecule has 0 radical (unpaired) electrons. The lowest BCUT2D eigenvalue weighted by Crippen LogP contribution is -1.99. The summed E-state index contributed by atoms with van der Waals surface area (Å²) in [5.74, 6) is -0.0512. The molecule has 92 valence electrons. The molecule has 0 saturated carbocycles. The first-order chi connectivity index (χ1) is 8.17. The summed E-state index contributed by atoms with van der Waals surface area (Å²) in [6, 6.07) is 3.78. The van der Waals surface area contributed by atoms with Crippen molar-refractivity contribution in [1.29, 1.82) is 0 Å². The minimum Gasteiger partial charge on any atom is -0.359 e. The van der Waals surface area contributed by atoms with E-state index in [2.05, 4.69) is 24.9 Å². The van der Waals surface area contributed by atoms with Crippen molar-refractivity contribution in [3.05, 3.63) is 34.8 Å². The van der Waals surface area contributed by atoms with Crippen molar-refractivity contribution in [3.8, 4) is 0 Å². The van der Waals surface area contributed by atoms with Gasteiger partial charge < -0.3 is 4.98 Å². The van der Waals surface area contributed by atoms with E-state index in [1.165, 1.54) is 10.9 Å². The van der Waals surface area contributed by atoms with Gasteiger partial charge in [0.1, 0.15) is 5.82 Å². The molecule has 0 aliphatic carbocycles. The number of hydrogen-bond acceptors (Lipinski definition) is 0. The molecular weight excluding hydrogens is 213 g/mol. The fourth-order valence-corrected chi connectivity index (χ4v) is 2.55. The highest BCUT2D eigenvalue weighted by atomic mass is 19.1. The fraction of sp³-hybridized carbons (Fsp3) is 0.467. The van der Waals surface area contributed by atoms with E-state index in [4.69, 9.17) is 0 Å². The highest BCUT2D eigenvalue weighted by molar-refractivity contribution is 5.85. The second-order valence-electron chi connectivity index (χ2n) is 4.73. The van der Waals surface area contributed by atoms with Gasteiger partial charge in [0, 0.05) is 16.6 Å². The Hall–Kier alpha value is -1.31. The topological polar surface area (TPSA) is 15.8 Å². The Kier molecular flexibility index (Phi) is 3.51. The van der Waals surface area contributed by atoms with E-state index in [1.807, 2.05) is 6.92 Å². The second-order valence-corrected chi connectivity index (χ2v) is 4.73. The Balaban J connectivity index is 2.68. The first-order valence-electron chi connectivity index (χ1n) is 6.47. The van der Waals surface area contributed by atoms with E-state index in [0.29, 0.717) is 0 Å². The molecule has 2 heteroatoms. The quantitative estimate of drug-likeness (QED) is 0.799. The molecule has 1 heterocycles. The highest BCUT2D eigenvalue weighted by Crippen LogP contribution is 2.28. The molecule has 17 heavy (non-hydrogen) atoms. The summed E-state index contributed by atoms with van der Waals surface area (Å²) >= 11 is 0. The van der Waals surface area contributed by atoms with Crippen LogP contribution < -0.4 is 0 Å². The summed E-state index contributed by atoms with van der Waals surface area (Å²) in [6.07, 6.45) is 3.84. The minimum absolute atomic E-state index is 0.0512. The van der Waals surface area contributed by atoms with Gasteiger partial charge in [-0.05, 0) is 43.0 Å². The molecule has 1 nitrogen and oxygen atoms in total. The molecule has 0 amide bonds. The summed E-state index contributed by atoms with van der Waals surface area (Å²) in [5.41, 5.74) is 4.16. The first kappa shape index (κ1) is 12.2. The monoisotopic (exact) mass is 233 g/mol. The van der Waals surface area contributed by atoms with Crippen molar-refractivity contribution in [2.45, 2.75) is 46.5 Å². The number of rotatable bonds is 4. The molecule has 1 N–H and O–H groups in total. The summed E-state index contributed by atoms with van der Waals surface area (Å²) in [6.45, 7) is 6.26. The Morgan fingerprint density at radius 3 is 2.35 bits per heavy atom. The number of hydrogen-bond donors (Lipinski definition) is 1. The number of nitrogens with one attached hydrogen (secondary N) is 1. The van der Waals surface area contributed by atoms with E-state index in [9.17, 15) is 4.39 Å². The van der Waals surface area contributed by atoms with Crippen LogP contribution in [0.5, 0.6) is 0 Å². The van der Waals surface area contributed by atoms with Crippen molar-refractivity contribution in [2.24, 2.45) is 0 Å². The maximum Gasteiger partial charge on any atom is 0.128 e. The molecule has 2 aromatic rings. The molecule has 0 spiro atoms. The molecule has 0 fully saturated rings. The van der Waals surface area contributed by atoms with E-state index < -0.39 is 0 Å². The smallest absolute Gasteiger partial charge is 0.128 e. The van der Waals surface area contributed by atoms with Gasteiger partial charge in [-0.1, -0.05) is 26.7 Å². The largest absolute Gasteiger partial charge is 0.359 e. The van der Waals surface area contributed by atoms with Crippen molar-refractivity contribution in [2.75, 3.05) is 0 Å². The van der Waals surface area contributed by atoms with E-state index in [0.717, 1.165) is 42.5 Å². The third kappa shape index (κ3) is 2.21. The normalized spacial score (nSPS) is 11.3. The van der Waals surface area contributed by atoms with Gasteiger partial charge in [0.2, 0.25) is 0 Å². The average molecular weight is 233 g/mol. The molecule has 1 aromatic heterocycles. The molecule has 2 rings (SSSR count). The fourth-order valence-electron chi connectivity index (χ4n) is 2.55. The molecular formula is C15H20FN. The first-order valence-corrected chi connectivity index (χ1v) is 6.47. The van der Waals surface area contributed by atoms with E-state index in [-0.39, 0.29) is 5.82 Å². The highest BCUT2D eigenvalue weighted by Gasteiger charge is 2.13. The third-order valence-corrected chi connectivity index (χ3v) is 3.23. The van der Waals surface area contributed by atoms with E-state index in [1.54, 1.807) is 6.07 Å². The van der Waals surface area contributed by atoms with Crippen LogP contribution in [0, 0.1) is 12.7 Å². The number of benzene rings is 1. The maximum atomic E-state index is 14.1. The Morgan fingerprint density at radius 2 is 1.71 bits per heavy atom. The van der Waals surface area contributed by atoms with Crippen LogP contribution in [-0.2, 0) is 12.8 Å². The van der Waals surface area contributed by atoms with Crippen LogP contribution in [-0.4, -0.2) is 4.98 Å². The van der Waals surface area contributed by atoms with Crippen LogP contribution in [0.2, 0.25) is 0 Å². The number of fused-ring (bicyclic) bond motifs is 1. The lowest BCUT2D eigenvalue weighted by Gasteiger charge is -2.11. The Morgan fingerprint density at radius 1 is 1.06 bits per heavy atom. The van der Waals surface area contributed by atoms with Crippen LogP contribution in [0.3, 0.4) is 0 Å². The third-order valence-electron chi connectivity index (χ3n) is 3.23. The van der Waals surface area contributed by atoms with Gasteiger partial charge >= 0.3 is 0 Å². The maximum absolute atomic E-state index is 14.1. The lowest BCUT2D eigenvalue weighted by molar-refractivity contribution is 0.605. The van der Waals surface area contributed by atoms with Gasteiger partial charge in [0.25, 0.3) is 0 Å². The van der Waals surface area contributed by atoms with Crippen molar-refractivity contribution < 1.29 is 4.39 Å². The predicted octanol–water partition coefficient (Wildman–Crippen LogP) is 4.52. The summed E-state index contributed by atoms with van der Waals surface area (Å²) in [5, 5.41) is 1.20. The van der Waals surface area contributed by atoms with Crippen molar-refractivity contribution in [1.82, 2.24) is 4.98 Å². The lowest BCUT2D eigenvalue weighted by atomic mass is 9.95. The molecule has 0 unspecified atom stereocenters. The molecule has 0 atom stereocenters. The molecule has 0 aliphatic heterocycles. The molecule has 0 bridgehead atoms. The van der Waals surface area contributed by atoms with Crippen molar-refractivity contribution in [3.63, 3.8) is 0 Å². The number of aromatic amines is 1. The van der Waals surface area contributed by atoms with Gasteiger partial charge in [-0.15, -0.1) is 0 Å². The van der Waals surface area contributed by atoms with Crippen LogP contribution in [0.25, 0.3) is 10.9 Å². The number of halogens is 1. The Labute approximate surface area is 102 Å². The van der Waals surface area contributed by atoms with Crippen molar-refractivity contribution >= 4 is 10.9 Å². The van der Waals surface area contributed by atoms with Crippen LogP contribution >= 0.6 is 0 Å². The van der Waals surface area contributed by atoms with Crippen LogP contribution in [0.1, 0.15) is 43.5 Å². The minimum atomic E-state index is -0.0512. The summed E-state index contributed by atoms with van der Waals surface area (Å²) in [4.78, 5) is 3.23. The summed E-state index contributed by atoms with van der Waals surface area (Å²) in [7, 11) is 0. The van der Waals surface area contributed by atoms with Crippen LogP contribution in [0.4, 0.5) is 4.39 Å². The van der Waals surface area contributed by atoms with Gasteiger partial charge in [0.15, 0.2) is 0 Å². The number of aromatic nitrogens is 1. The Bertz CT molecular complexity index is 525. The molecule has 0 saturated heterocycles. The van der Waals surface area contributed by atoms with E-state index >= 15 is 0 Å². The molecule has 1 aromatic carbocycles.